The number of benzene rings is 2. The van der Waals surface area contributed by atoms with Gasteiger partial charge in [-0.25, -0.2) is 0 Å². The fourth-order valence-corrected chi connectivity index (χ4v) is 2.76. The molecule has 0 aliphatic carbocycles. The minimum absolute atomic E-state index is 0.00737. The third-order valence-electron chi connectivity index (χ3n) is 3.55. The fourth-order valence-electron chi connectivity index (χ4n) is 2.38. The summed E-state index contributed by atoms with van der Waals surface area (Å²) in [4.78, 5) is 0. The lowest BCUT2D eigenvalue weighted by Crippen LogP contribution is -2.19. The summed E-state index contributed by atoms with van der Waals surface area (Å²) in [5.74, 6) is 1.76. The molecule has 9 heteroatoms. The molecule has 2 aromatic carbocycles. The van der Waals surface area contributed by atoms with Gasteiger partial charge in [-0.3, -0.25) is 0 Å². The van der Waals surface area contributed by atoms with Crippen LogP contribution in [0.25, 0.3) is 12.2 Å². The molecule has 0 amide bonds. The predicted octanol–water partition coefficient (Wildman–Crippen LogP) is 2.47. The summed E-state index contributed by atoms with van der Waals surface area (Å²) in [6, 6.07) is 8.38. The van der Waals surface area contributed by atoms with Crippen LogP contribution in [-0.4, -0.2) is 36.9 Å². The lowest BCUT2D eigenvalue weighted by Gasteiger charge is -2.13. The van der Waals surface area contributed by atoms with E-state index >= 15 is 0 Å². The van der Waals surface area contributed by atoms with Crippen molar-refractivity contribution in [3.05, 3.63) is 41.5 Å². The van der Waals surface area contributed by atoms with Crippen LogP contribution in [0.15, 0.2) is 30.3 Å². The Labute approximate surface area is 158 Å². The summed E-state index contributed by atoms with van der Waals surface area (Å²) >= 11 is 0. The van der Waals surface area contributed by atoms with Crippen LogP contribution in [-0.2, 0) is 10.3 Å². The average Bonchev–Trinajstić information content (AvgIpc) is 2.64. The van der Waals surface area contributed by atoms with E-state index < -0.39 is 10.3 Å². The highest BCUT2D eigenvalue weighted by atomic mass is 32.2. The second kappa shape index (κ2) is 8.65. The van der Waals surface area contributed by atoms with Crippen molar-refractivity contribution in [3.8, 4) is 28.7 Å². The van der Waals surface area contributed by atoms with E-state index in [4.69, 9.17) is 28.3 Å². The first kappa shape index (κ1) is 20.4. The van der Waals surface area contributed by atoms with Crippen LogP contribution in [0.1, 0.15) is 11.1 Å². The van der Waals surface area contributed by atoms with Gasteiger partial charge in [0.15, 0.2) is 23.0 Å². The minimum Gasteiger partial charge on any atom is -0.493 e. The summed E-state index contributed by atoms with van der Waals surface area (Å²) in [7, 11) is 1.82. The molecule has 0 atom stereocenters. The molecule has 0 bridgehead atoms. The Bertz CT molecular complexity index is 914. The Morgan fingerprint density at radius 2 is 1.26 bits per heavy atom. The number of methoxy groups -OCH3 is 4. The van der Waals surface area contributed by atoms with Gasteiger partial charge in [-0.1, -0.05) is 18.2 Å². The summed E-state index contributed by atoms with van der Waals surface area (Å²) in [5, 5.41) is 4.93. The molecule has 27 heavy (non-hydrogen) atoms. The number of hydrogen-bond donors (Lipinski definition) is 1. The van der Waals surface area contributed by atoms with E-state index in [1.807, 2.05) is 0 Å². The highest BCUT2D eigenvalue weighted by Gasteiger charge is 2.13. The van der Waals surface area contributed by atoms with Crippen LogP contribution in [0.3, 0.4) is 0 Å². The standard InChI is InChI=1S/C18H21NO7S/c1-22-14-8-7-12(9-15(14)26-27(19,20)21)5-6-13-10-16(23-2)18(25-4)17(11-13)24-3/h5-11H,1-4H3,(H2,19,20,21)/b6-5+. The molecule has 0 unspecified atom stereocenters. The van der Waals surface area contributed by atoms with Gasteiger partial charge >= 0.3 is 10.3 Å². The SMILES string of the molecule is COc1ccc(/C=C/c2cc(OC)c(OC)c(OC)c2)cc1OS(N)(=O)=O. The highest BCUT2D eigenvalue weighted by molar-refractivity contribution is 7.84. The summed E-state index contributed by atoms with van der Waals surface area (Å²) in [6.07, 6.45) is 3.56. The Morgan fingerprint density at radius 3 is 1.74 bits per heavy atom. The maximum atomic E-state index is 11.2. The van der Waals surface area contributed by atoms with E-state index in [-0.39, 0.29) is 11.5 Å². The smallest absolute Gasteiger partial charge is 0.380 e. The zero-order valence-corrected chi connectivity index (χ0v) is 16.2. The van der Waals surface area contributed by atoms with Crippen molar-refractivity contribution in [1.82, 2.24) is 0 Å². The Hall–Kier alpha value is -2.91. The van der Waals surface area contributed by atoms with Gasteiger partial charge in [0.1, 0.15) is 0 Å². The average molecular weight is 395 g/mol. The van der Waals surface area contributed by atoms with E-state index in [0.29, 0.717) is 22.8 Å². The Morgan fingerprint density at radius 1 is 0.741 bits per heavy atom. The Balaban J connectivity index is 2.39. The fraction of sp³-hybridized carbons (Fsp3) is 0.222. The van der Waals surface area contributed by atoms with Crippen molar-refractivity contribution in [2.45, 2.75) is 0 Å². The minimum atomic E-state index is -4.17. The second-order valence-corrected chi connectivity index (χ2v) is 6.43. The number of hydrogen-bond acceptors (Lipinski definition) is 7. The molecule has 0 spiro atoms. The molecule has 0 saturated heterocycles. The molecule has 0 fully saturated rings. The summed E-state index contributed by atoms with van der Waals surface area (Å²) < 4.78 is 48.2. The third-order valence-corrected chi connectivity index (χ3v) is 3.96. The third kappa shape index (κ3) is 5.28. The summed E-state index contributed by atoms with van der Waals surface area (Å²) in [6.45, 7) is 0. The van der Waals surface area contributed by atoms with Crippen molar-refractivity contribution in [2.75, 3.05) is 28.4 Å². The van der Waals surface area contributed by atoms with Crippen LogP contribution >= 0.6 is 0 Å². The first-order valence-corrected chi connectivity index (χ1v) is 9.16. The molecule has 0 saturated carbocycles. The van der Waals surface area contributed by atoms with Crippen LogP contribution in [0.5, 0.6) is 28.7 Å². The first-order valence-electron chi connectivity index (χ1n) is 7.69. The molecule has 0 aliphatic heterocycles. The highest BCUT2D eigenvalue weighted by Crippen LogP contribution is 2.38. The van der Waals surface area contributed by atoms with E-state index in [0.717, 1.165) is 5.56 Å². The van der Waals surface area contributed by atoms with Crippen LogP contribution < -0.4 is 28.3 Å². The zero-order valence-electron chi connectivity index (χ0n) is 15.4. The van der Waals surface area contributed by atoms with Gasteiger partial charge in [0.2, 0.25) is 5.75 Å². The Kier molecular flexibility index (Phi) is 6.54. The van der Waals surface area contributed by atoms with Crippen LogP contribution in [0, 0.1) is 0 Å². The maximum absolute atomic E-state index is 11.2. The molecule has 146 valence electrons. The zero-order chi connectivity index (χ0) is 20.0. The van der Waals surface area contributed by atoms with Crippen LogP contribution in [0.4, 0.5) is 0 Å². The lowest BCUT2D eigenvalue weighted by atomic mass is 10.1. The maximum Gasteiger partial charge on any atom is 0.380 e. The molecule has 2 N–H and O–H groups in total. The summed E-state index contributed by atoms with van der Waals surface area (Å²) in [5.41, 5.74) is 1.46. The molecule has 0 aromatic heterocycles. The van der Waals surface area contributed by atoms with E-state index in [1.54, 1.807) is 36.4 Å². The number of ether oxygens (including phenoxy) is 4. The van der Waals surface area contributed by atoms with Crippen LogP contribution in [0.2, 0.25) is 0 Å². The van der Waals surface area contributed by atoms with Crippen molar-refractivity contribution < 1.29 is 31.5 Å². The molecular formula is C18H21NO7S. The van der Waals surface area contributed by atoms with E-state index in [9.17, 15) is 8.42 Å². The monoisotopic (exact) mass is 395 g/mol. The van der Waals surface area contributed by atoms with E-state index in [1.165, 1.54) is 34.5 Å². The van der Waals surface area contributed by atoms with Crippen molar-refractivity contribution in [1.29, 1.82) is 0 Å². The first-order chi connectivity index (χ1) is 12.8. The van der Waals surface area contributed by atoms with Crippen molar-refractivity contribution in [3.63, 3.8) is 0 Å². The normalized spacial score (nSPS) is 11.3. The van der Waals surface area contributed by atoms with Gasteiger partial charge in [-0.05, 0) is 35.4 Å². The molecular weight excluding hydrogens is 374 g/mol. The molecule has 0 aliphatic rings. The van der Waals surface area contributed by atoms with Gasteiger partial charge < -0.3 is 23.1 Å². The molecule has 2 aromatic rings. The van der Waals surface area contributed by atoms with Gasteiger partial charge in [0.05, 0.1) is 28.4 Å². The topological polar surface area (TPSA) is 106 Å². The molecule has 8 nitrogen and oxygen atoms in total. The van der Waals surface area contributed by atoms with Gasteiger partial charge in [0, 0.05) is 0 Å². The largest absolute Gasteiger partial charge is 0.493 e. The van der Waals surface area contributed by atoms with Crippen molar-refractivity contribution in [2.24, 2.45) is 5.14 Å². The van der Waals surface area contributed by atoms with Gasteiger partial charge in [-0.2, -0.15) is 13.6 Å². The molecule has 0 heterocycles. The molecule has 0 radical (unpaired) electrons. The quantitative estimate of drug-likeness (QED) is 0.684. The van der Waals surface area contributed by atoms with Gasteiger partial charge in [-0.15, -0.1) is 0 Å². The second-order valence-electron chi connectivity index (χ2n) is 5.28. The number of rotatable bonds is 8. The van der Waals surface area contributed by atoms with Gasteiger partial charge in [0.25, 0.3) is 0 Å². The molecule has 2 rings (SSSR count). The number of nitrogens with two attached hydrogens (primary N) is 1. The van der Waals surface area contributed by atoms with Crippen molar-refractivity contribution >= 4 is 22.5 Å². The lowest BCUT2D eigenvalue weighted by molar-refractivity contribution is 0.324. The predicted molar refractivity (Wildman–Crippen MR) is 102 cm³/mol. The van der Waals surface area contributed by atoms with E-state index in [2.05, 4.69) is 0 Å².